The highest BCUT2D eigenvalue weighted by molar-refractivity contribution is 6.28. The van der Waals surface area contributed by atoms with Crippen LogP contribution in [-0.4, -0.2) is 54.5 Å². The van der Waals surface area contributed by atoms with Gasteiger partial charge in [0.25, 0.3) is 0 Å². The second kappa shape index (κ2) is 10.2. The van der Waals surface area contributed by atoms with Crippen LogP contribution in [-0.2, 0) is 0 Å². The standard InChI is InChI=1S/C24H25ClN6O2.ClH/c25-24-29-22(19-23(30-24)31(13-28-19)18-11-17(26)20(32)21(18)33)27-12-16(14-7-3-1-4-8-14)15-9-5-2-6-10-15;/h1-10,13,16-18,20-21,32-33H,11-12,26H2,(H,27,29,30);1H/t17-,18?,20+,21-;/m0./s1. The summed E-state index contributed by atoms with van der Waals surface area (Å²) in [6.07, 6.45) is -0.0175. The number of benzene rings is 2. The third-order valence-corrected chi connectivity index (χ3v) is 6.49. The maximum Gasteiger partial charge on any atom is 0.226 e. The molecule has 0 radical (unpaired) electrons. The lowest BCUT2D eigenvalue weighted by Gasteiger charge is -2.20. The van der Waals surface area contributed by atoms with Crippen LogP contribution in [0.5, 0.6) is 0 Å². The summed E-state index contributed by atoms with van der Waals surface area (Å²) in [4.78, 5) is 13.2. The highest BCUT2D eigenvalue weighted by atomic mass is 35.5. The molecule has 2 aromatic heterocycles. The van der Waals surface area contributed by atoms with Gasteiger partial charge in [0.2, 0.25) is 5.28 Å². The number of aliphatic hydroxyl groups is 2. The van der Waals surface area contributed by atoms with Crippen molar-refractivity contribution in [3.63, 3.8) is 0 Å². The summed E-state index contributed by atoms with van der Waals surface area (Å²) in [6.45, 7) is 0.568. The van der Waals surface area contributed by atoms with Gasteiger partial charge in [0.1, 0.15) is 6.10 Å². The molecule has 178 valence electrons. The maximum absolute atomic E-state index is 10.5. The van der Waals surface area contributed by atoms with Crippen LogP contribution in [0.15, 0.2) is 67.0 Å². The first-order chi connectivity index (χ1) is 16.0. The molecule has 4 aromatic rings. The lowest BCUT2D eigenvalue weighted by Crippen LogP contribution is -2.35. The Bertz CT molecular complexity index is 1200. The first-order valence-electron chi connectivity index (χ1n) is 10.9. The third kappa shape index (κ3) is 4.60. The number of nitrogens with one attached hydrogen (secondary N) is 1. The van der Waals surface area contributed by atoms with Gasteiger partial charge in [-0.3, -0.25) is 0 Å². The molecule has 2 heterocycles. The van der Waals surface area contributed by atoms with E-state index in [4.69, 9.17) is 17.3 Å². The van der Waals surface area contributed by atoms with E-state index in [-0.39, 0.29) is 23.6 Å². The summed E-state index contributed by atoms with van der Waals surface area (Å²) < 4.78 is 1.72. The monoisotopic (exact) mass is 500 g/mol. The summed E-state index contributed by atoms with van der Waals surface area (Å²) in [6, 6.07) is 19.6. The zero-order chi connectivity index (χ0) is 22.9. The Kier molecular flexibility index (Phi) is 7.35. The van der Waals surface area contributed by atoms with Crippen LogP contribution < -0.4 is 11.1 Å². The number of aliphatic hydroxyl groups excluding tert-OH is 2. The molecule has 0 bridgehead atoms. The van der Waals surface area contributed by atoms with Crippen molar-refractivity contribution in [2.45, 2.75) is 36.6 Å². The van der Waals surface area contributed by atoms with Crippen molar-refractivity contribution >= 4 is 41.0 Å². The van der Waals surface area contributed by atoms with Gasteiger partial charge in [-0.1, -0.05) is 60.7 Å². The van der Waals surface area contributed by atoms with E-state index in [1.807, 2.05) is 36.4 Å². The van der Waals surface area contributed by atoms with Crippen molar-refractivity contribution < 1.29 is 10.2 Å². The predicted octanol–water partition coefficient (Wildman–Crippen LogP) is 3.14. The van der Waals surface area contributed by atoms with Crippen molar-refractivity contribution in [1.82, 2.24) is 19.5 Å². The Morgan fingerprint density at radius 3 is 2.18 bits per heavy atom. The molecule has 1 aliphatic rings. The normalized spacial score (nSPS) is 22.1. The van der Waals surface area contributed by atoms with Gasteiger partial charge in [-0.05, 0) is 29.1 Å². The topological polar surface area (TPSA) is 122 Å². The Morgan fingerprint density at radius 2 is 1.62 bits per heavy atom. The van der Waals surface area contributed by atoms with Crippen molar-refractivity contribution in [3.8, 4) is 0 Å². The van der Waals surface area contributed by atoms with E-state index >= 15 is 0 Å². The van der Waals surface area contributed by atoms with Crippen molar-refractivity contribution in [1.29, 1.82) is 0 Å². The van der Waals surface area contributed by atoms with Gasteiger partial charge in [0, 0.05) is 18.5 Å². The minimum Gasteiger partial charge on any atom is -0.389 e. The number of nitrogens with two attached hydrogens (primary N) is 1. The van der Waals surface area contributed by atoms with Crippen molar-refractivity contribution in [2.75, 3.05) is 11.9 Å². The van der Waals surface area contributed by atoms with E-state index in [9.17, 15) is 10.2 Å². The first-order valence-corrected chi connectivity index (χ1v) is 11.3. The molecule has 1 unspecified atom stereocenters. The molecule has 5 N–H and O–H groups in total. The summed E-state index contributed by atoms with van der Waals surface area (Å²) in [7, 11) is 0. The average molecular weight is 501 g/mol. The first kappa shape index (κ1) is 24.4. The van der Waals surface area contributed by atoms with E-state index in [1.54, 1.807) is 10.9 Å². The Labute approximate surface area is 208 Å². The molecule has 0 saturated heterocycles. The quantitative estimate of drug-likeness (QED) is 0.300. The third-order valence-electron chi connectivity index (χ3n) is 6.33. The highest BCUT2D eigenvalue weighted by Crippen LogP contribution is 2.34. The molecule has 10 heteroatoms. The minimum absolute atomic E-state index is 0. The molecule has 5 rings (SSSR count). The highest BCUT2D eigenvalue weighted by Gasteiger charge is 2.41. The van der Waals surface area contributed by atoms with Gasteiger partial charge >= 0.3 is 0 Å². The van der Waals surface area contributed by atoms with E-state index < -0.39 is 24.3 Å². The Morgan fingerprint density at radius 1 is 1.00 bits per heavy atom. The van der Waals surface area contributed by atoms with Crippen LogP contribution in [0.4, 0.5) is 5.82 Å². The zero-order valence-corrected chi connectivity index (χ0v) is 19.8. The van der Waals surface area contributed by atoms with Gasteiger partial charge in [-0.15, -0.1) is 12.4 Å². The number of hydrogen-bond donors (Lipinski definition) is 4. The molecule has 0 amide bonds. The Balaban J connectivity index is 0.00000274. The number of rotatable bonds is 6. The van der Waals surface area contributed by atoms with Crippen LogP contribution in [0, 0.1) is 0 Å². The Hall–Kier alpha value is -2.75. The number of halogens is 2. The molecule has 2 aromatic carbocycles. The van der Waals surface area contributed by atoms with Crippen LogP contribution >= 0.6 is 24.0 Å². The van der Waals surface area contributed by atoms with Crippen molar-refractivity contribution in [3.05, 3.63) is 83.4 Å². The molecular formula is C24H26Cl2N6O2. The molecule has 1 fully saturated rings. The van der Waals surface area contributed by atoms with Crippen LogP contribution in [0.25, 0.3) is 11.2 Å². The number of hydrogen-bond acceptors (Lipinski definition) is 7. The fourth-order valence-electron chi connectivity index (χ4n) is 4.57. The second-order valence-electron chi connectivity index (χ2n) is 8.37. The van der Waals surface area contributed by atoms with Gasteiger partial charge in [-0.25, -0.2) is 4.98 Å². The zero-order valence-electron chi connectivity index (χ0n) is 18.2. The predicted molar refractivity (Wildman–Crippen MR) is 134 cm³/mol. The van der Waals surface area contributed by atoms with Gasteiger partial charge in [0.05, 0.1) is 18.5 Å². The van der Waals surface area contributed by atoms with Crippen LogP contribution in [0.1, 0.15) is 29.5 Å². The SMILES string of the molecule is Cl.N[C@H]1CC(n2cnc3c(NCC(c4ccccc4)c4ccccc4)nc(Cl)nc32)[C@H](O)[C@@H]1O. The molecule has 1 aliphatic carbocycles. The average Bonchev–Trinajstić information content (AvgIpc) is 3.36. The summed E-state index contributed by atoms with van der Waals surface area (Å²) in [5, 5.41) is 24.0. The molecule has 4 atom stereocenters. The van der Waals surface area contributed by atoms with E-state index in [0.29, 0.717) is 29.9 Å². The number of imidazole rings is 1. The number of nitrogens with zero attached hydrogens (tertiary/aromatic N) is 4. The molecular weight excluding hydrogens is 475 g/mol. The number of aromatic nitrogens is 4. The molecule has 8 nitrogen and oxygen atoms in total. The van der Waals surface area contributed by atoms with Gasteiger partial charge in [0.15, 0.2) is 17.0 Å². The molecule has 0 aliphatic heterocycles. The van der Waals surface area contributed by atoms with Crippen molar-refractivity contribution in [2.24, 2.45) is 5.73 Å². The van der Waals surface area contributed by atoms with Crippen LogP contribution in [0.2, 0.25) is 5.28 Å². The lowest BCUT2D eigenvalue weighted by atomic mass is 9.91. The maximum atomic E-state index is 10.5. The summed E-state index contributed by atoms with van der Waals surface area (Å²) >= 11 is 6.26. The summed E-state index contributed by atoms with van der Waals surface area (Å²) in [5.74, 6) is 0.598. The minimum atomic E-state index is -1.01. The molecule has 0 spiro atoms. The van der Waals surface area contributed by atoms with E-state index in [2.05, 4.69) is 44.5 Å². The van der Waals surface area contributed by atoms with Gasteiger partial charge < -0.3 is 25.8 Å². The molecule has 34 heavy (non-hydrogen) atoms. The summed E-state index contributed by atoms with van der Waals surface area (Å²) in [5.41, 5.74) is 9.33. The smallest absolute Gasteiger partial charge is 0.226 e. The largest absolute Gasteiger partial charge is 0.389 e. The lowest BCUT2D eigenvalue weighted by molar-refractivity contribution is 0.0187. The fourth-order valence-corrected chi connectivity index (χ4v) is 4.73. The van der Waals surface area contributed by atoms with E-state index in [1.165, 1.54) is 11.1 Å². The molecule has 1 saturated carbocycles. The van der Waals surface area contributed by atoms with Gasteiger partial charge in [-0.2, -0.15) is 9.97 Å². The number of fused-ring (bicyclic) bond motifs is 1. The van der Waals surface area contributed by atoms with E-state index in [0.717, 1.165) is 0 Å². The second-order valence-corrected chi connectivity index (χ2v) is 8.71. The number of anilines is 1. The fraction of sp³-hybridized carbons (Fsp3) is 0.292. The van der Waals surface area contributed by atoms with Crippen LogP contribution in [0.3, 0.4) is 0 Å².